The van der Waals surface area contributed by atoms with Crippen molar-refractivity contribution in [3.63, 3.8) is 0 Å². The van der Waals surface area contributed by atoms with E-state index in [0.717, 1.165) is 6.42 Å². The Bertz CT molecular complexity index is 571. The van der Waals surface area contributed by atoms with Gasteiger partial charge in [0.2, 0.25) is 5.82 Å². The van der Waals surface area contributed by atoms with Crippen LogP contribution >= 0.6 is 0 Å². The first-order chi connectivity index (χ1) is 9.50. The van der Waals surface area contributed by atoms with Crippen LogP contribution in [-0.4, -0.2) is 26.5 Å². The van der Waals surface area contributed by atoms with Gasteiger partial charge in [-0.25, -0.2) is 19.9 Å². The second-order valence-electron chi connectivity index (χ2n) is 4.01. The number of rotatable bonds is 4. The number of halogens is 3. The van der Waals surface area contributed by atoms with Crippen LogP contribution in [0.2, 0.25) is 0 Å². The summed E-state index contributed by atoms with van der Waals surface area (Å²) in [7, 11) is 0. The summed E-state index contributed by atoms with van der Waals surface area (Å²) < 4.78 is 38.4. The van der Waals surface area contributed by atoms with Crippen molar-refractivity contribution in [2.24, 2.45) is 0 Å². The standard InChI is InChI=1S/C12H12F3N5/c1-2-3-18-10-4-9(8-5-16-7-17-6-8)19-11(20-10)12(13,14)15/h4-7H,2-3H2,1H3,(H,18,19,20). The number of aromatic nitrogens is 4. The largest absolute Gasteiger partial charge is 0.451 e. The highest BCUT2D eigenvalue weighted by Gasteiger charge is 2.35. The summed E-state index contributed by atoms with van der Waals surface area (Å²) in [5.41, 5.74) is 0.534. The van der Waals surface area contributed by atoms with Crippen molar-refractivity contribution in [1.29, 1.82) is 0 Å². The van der Waals surface area contributed by atoms with Crippen molar-refractivity contribution < 1.29 is 13.2 Å². The summed E-state index contributed by atoms with van der Waals surface area (Å²) in [5.74, 6) is -1.05. The van der Waals surface area contributed by atoms with E-state index < -0.39 is 12.0 Å². The monoisotopic (exact) mass is 283 g/mol. The fourth-order valence-corrected chi connectivity index (χ4v) is 1.50. The number of anilines is 1. The van der Waals surface area contributed by atoms with Crippen LogP contribution in [0.5, 0.6) is 0 Å². The van der Waals surface area contributed by atoms with E-state index >= 15 is 0 Å². The Morgan fingerprint density at radius 1 is 1.15 bits per heavy atom. The average molecular weight is 283 g/mol. The lowest BCUT2D eigenvalue weighted by molar-refractivity contribution is -0.144. The van der Waals surface area contributed by atoms with Crippen LogP contribution in [0.4, 0.5) is 19.0 Å². The second kappa shape index (κ2) is 5.81. The van der Waals surface area contributed by atoms with Crippen LogP contribution in [0.15, 0.2) is 24.8 Å². The zero-order valence-corrected chi connectivity index (χ0v) is 10.6. The van der Waals surface area contributed by atoms with E-state index in [0.29, 0.717) is 12.1 Å². The van der Waals surface area contributed by atoms with Crippen molar-refractivity contribution >= 4 is 5.82 Å². The highest BCUT2D eigenvalue weighted by atomic mass is 19.4. The summed E-state index contributed by atoms with van der Waals surface area (Å²) in [6, 6.07) is 1.45. The number of alkyl halides is 3. The maximum atomic E-state index is 12.8. The van der Waals surface area contributed by atoms with Crippen molar-refractivity contribution in [3.05, 3.63) is 30.6 Å². The third kappa shape index (κ3) is 3.40. The zero-order valence-electron chi connectivity index (χ0n) is 10.6. The van der Waals surface area contributed by atoms with Gasteiger partial charge in [0.25, 0.3) is 0 Å². The molecule has 0 atom stereocenters. The first-order valence-electron chi connectivity index (χ1n) is 5.96. The molecule has 1 N–H and O–H groups in total. The third-order valence-corrected chi connectivity index (χ3v) is 2.39. The van der Waals surface area contributed by atoms with Crippen molar-refractivity contribution in [1.82, 2.24) is 19.9 Å². The highest BCUT2D eigenvalue weighted by molar-refractivity contribution is 5.60. The van der Waals surface area contributed by atoms with Gasteiger partial charge in [-0.2, -0.15) is 13.2 Å². The van der Waals surface area contributed by atoms with Gasteiger partial charge in [-0.3, -0.25) is 0 Å². The lowest BCUT2D eigenvalue weighted by atomic mass is 10.2. The molecule has 8 heteroatoms. The average Bonchev–Trinajstić information content (AvgIpc) is 2.45. The van der Waals surface area contributed by atoms with Crippen LogP contribution in [0.1, 0.15) is 19.2 Å². The van der Waals surface area contributed by atoms with Gasteiger partial charge in [0.1, 0.15) is 12.1 Å². The van der Waals surface area contributed by atoms with Crippen molar-refractivity contribution in [2.75, 3.05) is 11.9 Å². The molecule has 0 saturated heterocycles. The number of hydrogen-bond acceptors (Lipinski definition) is 5. The van der Waals surface area contributed by atoms with Gasteiger partial charge in [-0.1, -0.05) is 6.92 Å². The minimum Gasteiger partial charge on any atom is -0.370 e. The minimum absolute atomic E-state index is 0.131. The molecular formula is C12H12F3N5. The summed E-state index contributed by atoms with van der Waals surface area (Å²) in [6.45, 7) is 2.43. The molecule has 0 saturated carbocycles. The Labute approximate surface area is 113 Å². The van der Waals surface area contributed by atoms with Gasteiger partial charge in [0.15, 0.2) is 0 Å². The molecule has 0 amide bonds. The Kier molecular flexibility index (Phi) is 4.11. The predicted octanol–water partition coefficient (Wildman–Crippen LogP) is 2.77. The zero-order chi connectivity index (χ0) is 14.6. The molecule has 0 fully saturated rings. The molecule has 106 valence electrons. The van der Waals surface area contributed by atoms with Gasteiger partial charge in [-0.15, -0.1) is 0 Å². The van der Waals surface area contributed by atoms with E-state index in [1.165, 1.54) is 24.8 Å². The molecule has 0 aliphatic carbocycles. The van der Waals surface area contributed by atoms with Crippen LogP contribution < -0.4 is 5.32 Å². The molecule has 5 nitrogen and oxygen atoms in total. The maximum Gasteiger partial charge on any atom is 0.451 e. The molecule has 0 radical (unpaired) electrons. The lowest BCUT2D eigenvalue weighted by Crippen LogP contribution is -2.14. The molecule has 0 aromatic carbocycles. The molecule has 2 rings (SSSR count). The van der Waals surface area contributed by atoms with Crippen LogP contribution in [-0.2, 0) is 6.18 Å². The van der Waals surface area contributed by atoms with Crippen LogP contribution in [0.3, 0.4) is 0 Å². The van der Waals surface area contributed by atoms with Gasteiger partial charge >= 0.3 is 6.18 Å². The molecule has 2 heterocycles. The van der Waals surface area contributed by atoms with E-state index in [9.17, 15) is 13.2 Å². The van der Waals surface area contributed by atoms with Crippen molar-refractivity contribution in [3.8, 4) is 11.3 Å². The molecule has 0 unspecified atom stereocenters. The van der Waals surface area contributed by atoms with Gasteiger partial charge < -0.3 is 5.32 Å². The van der Waals surface area contributed by atoms with Gasteiger partial charge in [0.05, 0.1) is 5.69 Å². The molecule has 0 aliphatic heterocycles. The van der Waals surface area contributed by atoms with Crippen LogP contribution in [0.25, 0.3) is 11.3 Å². The van der Waals surface area contributed by atoms with Crippen LogP contribution in [0, 0.1) is 0 Å². The Morgan fingerprint density at radius 2 is 1.85 bits per heavy atom. The van der Waals surface area contributed by atoms with Gasteiger partial charge in [0, 0.05) is 30.6 Å². The molecule has 2 aromatic rings. The normalized spacial score (nSPS) is 11.4. The Morgan fingerprint density at radius 3 is 2.45 bits per heavy atom. The summed E-state index contributed by atoms with van der Waals surface area (Å²) in [4.78, 5) is 14.5. The van der Waals surface area contributed by atoms with E-state index in [2.05, 4.69) is 25.3 Å². The second-order valence-corrected chi connectivity index (χ2v) is 4.01. The van der Waals surface area contributed by atoms with E-state index in [1.54, 1.807) is 0 Å². The number of nitrogens with zero attached hydrogens (tertiary/aromatic N) is 4. The summed E-state index contributed by atoms with van der Waals surface area (Å²) >= 11 is 0. The SMILES string of the molecule is CCCNc1cc(-c2cncnc2)nc(C(F)(F)F)n1. The number of hydrogen-bond donors (Lipinski definition) is 1. The summed E-state index contributed by atoms with van der Waals surface area (Å²) in [5, 5.41) is 2.83. The minimum atomic E-state index is -4.60. The quantitative estimate of drug-likeness (QED) is 0.934. The predicted molar refractivity (Wildman–Crippen MR) is 66.8 cm³/mol. The molecular weight excluding hydrogens is 271 g/mol. The molecule has 0 aliphatic rings. The molecule has 20 heavy (non-hydrogen) atoms. The first-order valence-corrected chi connectivity index (χ1v) is 5.96. The highest BCUT2D eigenvalue weighted by Crippen LogP contribution is 2.29. The summed E-state index contributed by atoms with van der Waals surface area (Å²) in [6.07, 6.45) is 0.271. The first kappa shape index (κ1) is 14.2. The fourth-order valence-electron chi connectivity index (χ4n) is 1.50. The van der Waals surface area contributed by atoms with Crippen molar-refractivity contribution in [2.45, 2.75) is 19.5 Å². The molecule has 0 spiro atoms. The molecule has 0 bridgehead atoms. The Balaban J connectivity index is 2.46. The lowest BCUT2D eigenvalue weighted by Gasteiger charge is -2.11. The number of nitrogens with one attached hydrogen (secondary N) is 1. The fraction of sp³-hybridized carbons (Fsp3) is 0.333. The molecule has 2 aromatic heterocycles. The van der Waals surface area contributed by atoms with E-state index in [4.69, 9.17) is 0 Å². The topological polar surface area (TPSA) is 63.6 Å². The third-order valence-electron chi connectivity index (χ3n) is 2.39. The Hall–Kier alpha value is -2.25. The maximum absolute atomic E-state index is 12.8. The smallest absolute Gasteiger partial charge is 0.370 e. The van der Waals surface area contributed by atoms with E-state index in [-0.39, 0.29) is 11.5 Å². The van der Waals surface area contributed by atoms with E-state index in [1.807, 2.05) is 6.92 Å². The van der Waals surface area contributed by atoms with Gasteiger partial charge in [-0.05, 0) is 6.42 Å².